The van der Waals surface area contributed by atoms with Crippen LogP contribution in [0.4, 0.5) is 0 Å². The highest BCUT2D eigenvalue weighted by Gasteiger charge is 2.29. The Morgan fingerprint density at radius 2 is 1.92 bits per heavy atom. The number of carboxylic acid groups (broad SMARTS) is 1. The Morgan fingerprint density at radius 1 is 1.18 bits per heavy atom. The zero-order chi connectivity index (χ0) is 27.4. The fraction of sp³-hybridized carbons (Fsp3) is 0.292. The Labute approximate surface area is 222 Å². The summed E-state index contributed by atoms with van der Waals surface area (Å²) in [6.07, 6.45) is 1.85. The summed E-state index contributed by atoms with van der Waals surface area (Å²) < 4.78 is 30.7. The van der Waals surface area contributed by atoms with Gasteiger partial charge in [0.05, 0.1) is 16.4 Å². The van der Waals surface area contributed by atoms with Crippen molar-refractivity contribution in [2.45, 2.75) is 43.3 Å². The largest absolute Gasteiger partial charge is 0.487 e. The number of sulfonamides is 1. The van der Waals surface area contributed by atoms with E-state index in [0.29, 0.717) is 21.7 Å². The summed E-state index contributed by atoms with van der Waals surface area (Å²) in [5.74, 6) is -1.47. The third kappa shape index (κ3) is 6.51. The van der Waals surface area contributed by atoms with Crippen molar-refractivity contribution in [3.05, 3.63) is 66.0 Å². The molecule has 0 aliphatic rings. The van der Waals surface area contributed by atoms with Gasteiger partial charge in [-0.2, -0.15) is 0 Å². The third-order valence-electron chi connectivity index (χ3n) is 5.65. The monoisotopic (exact) mass is 558 g/mol. The van der Waals surface area contributed by atoms with Gasteiger partial charge in [0, 0.05) is 6.42 Å². The van der Waals surface area contributed by atoms with Gasteiger partial charge in [0.25, 0.3) is 10.0 Å². The van der Waals surface area contributed by atoms with Crippen LogP contribution >= 0.6 is 11.3 Å². The molecule has 2 aromatic carbocycles. The van der Waals surface area contributed by atoms with E-state index in [-0.39, 0.29) is 23.3 Å². The highest BCUT2D eigenvalue weighted by atomic mass is 32.2. The lowest BCUT2D eigenvalue weighted by Crippen LogP contribution is -2.47. The summed E-state index contributed by atoms with van der Waals surface area (Å²) in [5, 5.41) is 25.5. The van der Waals surface area contributed by atoms with Crippen LogP contribution in [-0.2, 0) is 32.6 Å². The molecule has 14 heteroatoms. The van der Waals surface area contributed by atoms with Crippen LogP contribution in [0.2, 0.25) is 0 Å². The molecule has 0 saturated carbocycles. The number of nitrogens with one attached hydrogen (secondary N) is 1. The van der Waals surface area contributed by atoms with Gasteiger partial charge >= 0.3 is 5.97 Å². The van der Waals surface area contributed by atoms with Crippen LogP contribution in [0.25, 0.3) is 10.2 Å². The zero-order valence-corrected chi connectivity index (χ0v) is 22.1. The maximum atomic E-state index is 13.2. The van der Waals surface area contributed by atoms with Crippen molar-refractivity contribution >= 4 is 43.5 Å². The van der Waals surface area contributed by atoms with Crippen LogP contribution < -0.4 is 15.2 Å². The number of amides is 1. The molecular formula is C24H26N6O6S2. The number of primary sulfonamides is 1. The molecule has 0 radical (unpaired) electrons. The molecule has 12 nitrogen and oxygen atoms in total. The van der Waals surface area contributed by atoms with Gasteiger partial charge in [-0.25, -0.2) is 28.0 Å². The van der Waals surface area contributed by atoms with Crippen LogP contribution in [-0.4, -0.2) is 51.4 Å². The number of benzene rings is 2. The molecule has 0 fully saturated rings. The van der Waals surface area contributed by atoms with Gasteiger partial charge < -0.3 is 15.2 Å². The number of carbonyl (C=O) groups excluding carboxylic acids is 1. The summed E-state index contributed by atoms with van der Waals surface area (Å²) in [5.41, 5.74) is 1.78. The smallest absolute Gasteiger partial charge is 0.326 e. The Morgan fingerprint density at radius 3 is 2.58 bits per heavy atom. The van der Waals surface area contributed by atoms with E-state index in [9.17, 15) is 23.1 Å². The Bertz CT molecular complexity index is 1550. The lowest BCUT2D eigenvalue weighted by Gasteiger charge is -2.22. The summed E-state index contributed by atoms with van der Waals surface area (Å²) in [6, 6.07) is 12.3. The molecule has 4 rings (SSSR count). The summed E-state index contributed by atoms with van der Waals surface area (Å²) in [7, 11) is -3.91. The maximum absolute atomic E-state index is 13.2. The van der Waals surface area contributed by atoms with Crippen LogP contribution in [0.15, 0.2) is 59.1 Å². The van der Waals surface area contributed by atoms with Crippen LogP contribution in [0.1, 0.15) is 31.1 Å². The first-order valence-corrected chi connectivity index (χ1v) is 13.9. The molecule has 0 spiro atoms. The van der Waals surface area contributed by atoms with E-state index >= 15 is 0 Å². The molecule has 1 amide bonds. The Kier molecular flexibility index (Phi) is 8.04. The van der Waals surface area contributed by atoms with Crippen molar-refractivity contribution in [2.24, 2.45) is 11.1 Å². The lowest BCUT2D eigenvalue weighted by molar-refractivity contribution is -0.143. The number of nitrogens with two attached hydrogens (primary N) is 1. The summed E-state index contributed by atoms with van der Waals surface area (Å²) in [4.78, 5) is 28.9. The van der Waals surface area contributed by atoms with E-state index in [1.165, 1.54) is 4.68 Å². The first-order chi connectivity index (χ1) is 18.0. The van der Waals surface area contributed by atoms with Crippen LogP contribution in [0, 0.1) is 5.92 Å². The second-order valence-electron chi connectivity index (χ2n) is 8.91. The molecule has 4 aromatic rings. The first-order valence-electron chi connectivity index (χ1n) is 11.6. The standard InChI is InChI=1S/C24H26N6O6S2/c1-14(2)21(23(32)33)27-22(31)19(10-15-6-4-3-5-7-15)30-12-16(28-29-30)13-36-17-8-9-18-20(11-17)37-24(26-18)38(25,34)35/h3-9,11-12,14,19,21H,10,13H2,1-2H3,(H,27,31)(H,32,33)(H2,25,34,35). The number of nitrogens with zero attached hydrogens (tertiary/aromatic N) is 4. The van der Waals surface area contributed by atoms with Crippen molar-refractivity contribution in [3.8, 4) is 5.75 Å². The number of ether oxygens (including phenoxy) is 1. The fourth-order valence-corrected chi connectivity index (χ4v) is 5.38. The van der Waals surface area contributed by atoms with E-state index in [2.05, 4.69) is 20.6 Å². The minimum Gasteiger partial charge on any atom is -0.487 e. The predicted octanol–water partition coefficient (Wildman–Crippen LogP) is 2.12. The summed E-state index contributed by atoms with van der Waals surface area (Å²) in [6.45, 7) is 3.46. The second-order valence-corrected chi connectivity index (χ2v) is 11.7. The highest BCUT2D eigenvalue weighted by molar-refractivity contribution is 7.91. The number of thiazole rings is 1. The molecule has 38 heavy (non-hydrogen) atoms. The van der Waals surface area contributed by atoms with E-state index in [0.717, 1.165) is 16.9 Å². The number of aliphatic carboxylic acids is 1. The molecule has 0 aliphatic heterocycles. The first kappa shape index (κ1) is 27.2. The molecular weight excluding hydrogens is 532 g/mol. The van der Waals surface area contributed by atoms with Crippen molar-refractivity contribution in [3.63, 3.8) is 0 Å². The van der Waals surface area contributed by atoms with Crippen molar-refractivity contribution < 1.29 is 27.9 Å². The van der Waals surface area contributed by atoms with Gasteiger partial charge in [-0.3, -0.25) is 4.79 Å². The number of carboxylic acids is 1. The van der Waals surface area contributed by atoms with E-state index in [1.54, 1.807) is 38.2 Å². The Hall–Kier alpha value is -3.88. The molecule has 2 unspecified atom stereocenters. The Balaban J connectivity index is 1.51. The normalized spacial score (nSPS) is 13.4. The van der Waals surface area contributed by atoms with Crippen molar-refractivity contribution in [1.29, 1.82) is 0 Å². The van der Waals surface area contributed by atoms with Gasteiger partial charge in [-0.15, -0.1) is 16.4 Å². The van der Waals surface area contributed by atoms with Crippen molar-refractivity contribution in [1.82, 2.24) is 25.3 Å². The van der Waals surface area contributed by atoms with Crippen molar-refractivity contribution in [2.75, 3.05) is 0 Å². The number of aromatic nitrogens is 4. The molecule has 0 bridgehead atoms. The number of rotatable bonds is 11. The lowest BCUT2D eigenvalue weighted by atomic mass is 10.0. The molecule has 0 saturated heterocycles. The van der Waals surface area contributed by atoms with Gasteiger partial charge in [0.15, 0.2) is 0 Å². The maximum Gasteiger partial charge on any atom is 0.326 e. The number of hydrogen-bond donors (Lipinski definition) is 3. The predicted molar refractivity (Wildman–Crippen MR) is 139 cm³/mol. The van der Waals surface area contributed by atoms with Gasteiger partial charge in [0.2, 0.25) is 10.2 Å². The van der Waals surface area contributed by atoms with E-state index < -0.39 is 34.0 Å². The highest BCUT2D eigenvalue weighted by Crippen LogP contribution is 2.28. The number of carbonyl (C=O) groups is 2. The topological polar surface area (TPSA) is 179 Å². The van der Waals surface area contributed by atoms with Crippen LogP contribution in [0.3, 0.4) is 0 Å². The van der Waals surface area contributed by atoms with Gasteiger partial charge in [-0.05, 0) is 29.7 Å². The SMILES string of the molecule is CC(C)C(NC(=O)C(Cc1ccccc1)n1cc(COc2ccc3nc(S(N)(=O)=O)sc3c2)nn1)C(=O)O. The molecule has 200 valence electrons. The molecule has 2 atom stereocenters. The number of hydrogen-bond acceptors (Lipinski definition) is 9. The average Bonchev–Trinajstić information content (AvgIpc) is 3.51. The summed E-state index contributed by atoms with van der Waals surface area (Å²) >= 11 is 0.938. The van der Waals surface area contributed by atoms with Crippen LogP contribution in [0.5, 0.6) is 5.75 Å². The van der Waals surface area contributed by atoms with E-state index in [4.69, 9.17) is 9.88 Å². The minimum absolute atomic E-state index is 0.0236. The third-order valence-corrected chi connectivity index (χ3v) is 7.99. The van der Waals surface area contributed by atoms with Gasteiger partial charge in [-0.1, -0.05) is 49.4 Å². The minimum atomic E-state index is -3.91. The molecule has 4 N–H and O–H groups in total. The van der Waals surface area contributed by atoms with E-state index in [1.807, 2.05) is 30.3 Å². The average molecular weight is 559 g/mol. The molecule has 2 heterocycles. The molecule has 0 aliphatic carbocycles. The quantitative estimate of drug-likeness (QED) is 0.248. The van der Waals surface area contributed by atoms with Gasteiger partial charge in [0.1, 0.15) is 30.1 Å². The second kappa shape index (κ2) is 11.2. The molecule has 2 aromatic heterocycles. The fourth-order valence-electron chi connectivity index (χ4n) is 3.69. The number of fused-ring (bicyclic) bond motifs is 1. The zero-order valence-electron chi connectivity index (χ0n) is 20.5.